The Morgan fingerprint density at radius 3 is 3.00 bits per heavy atom. The second kappa shape index (κ2) is 4.68. The van der Waals surface area contributed by atoms with E-state index in [1.54, 1.807) is 0 Å². The van der Waals surface area contributed by atoms with E-state index < -0.39 is 0 Å². The molecule has 1 saturated heterocycles. The van der Waals surface area contributed by atoms with Crippen molar-refractivity contribution in [3.8, 4) is 0 Å². The Hall–Kier alpha value is 0.725. The molecule has 0 aromatic rings. The van der Waals surface area contributed by atoms with Crippen molar-refractivity contribution in [3.05, 3.63) is 0 Å². The Morgan fingerprint density at radius 1 is 1.73 bits per heavy atom. The Bertz CT molecular complexity index is 119. The first-order chi connectivity index (χ1) is 5.26. The quantitative estimate of drug-likeness (QED) is 0.354. The van der Waals surface area contributed by atoms with E-state index in [0.29, 0.717) is 14.5 Å². The predicted molar refractivity (Wildman–Crippen MR) is 50.4 cm³/mol. The molecule has 1 N–H and O–H groups in total. The first-order valence-corrected chi connectivity index (χ1v) is 5.66. The fourth-order valence-electron chi connectivity index (χ4n) is 1.05. The maximum atomic E-state index is 8.79. The number of hydrogen-bond donors (Lipinski definition) is 2. The Labute approximate surface area is 74.9 Å². The van der Waals surface area contributed by atoms with E-state index in [1.807, 2.05) is 0 Å². The van der Waals surface area contributed by atoms with Gasteiger partial charge in [0.1, 0.15) is 7.85 Å². The summed E-state index contributed by atoms with van der Waals surface area (Å²) >= 11 is 4.14. The lowest BCUT2D eigenvalue weighted by Crippen LogP contribution is -2.45. The van der Waals surface area contributed by atoms with Gasteiger partial charge in [-0.2, -0.15) is 0 Å². The van der Waals surface area contributed by atoms with Crippen molar-refractivity contribution in [3.63, 3.8) is 0 Å². The lowest BCUT2D eigenvalue weighted by molar-refractivity contribution is -0.0479. The van der Waals surface area contributed by atoms with Crippen molar-refractivity contribution < 1.29 is 9.84 Å². The minimum atomic E-state index is -0.277. The molecule has 11 heavy (non-hydrogen) atoms. The van der Waals surface area contributed by atoms with Crippen LogP contribution in [0.5, 0.6) is 0 Å². The van der Waals surface area contributed by atoms with Gasteiger partial charge >= 0.3 is 0 Å². The summed E-state index contributed by atoms with van der Waals surface area (Å²) in [6, 6.07) is -0.277. The average molecular weight is 191 g/mol. The van der Waals surface area contributed by atoms with Crippen LogP contribution in [-0.2, 0) is 4.74 Å². The minimum Gasteiger partial charge on any atom is -0.394 e. The molecule has 1 unspecified atom stereocenters. The predicted octanol–water partition coefficient (Wildman–Crippen LogP) is -0.388. The van der Waals surface area contributed by atoms with Crippen LogP contribution in [0.25, 0.3) is 0 Å². The summed E-state index contributed by atoms with van der Waals surface area (Å²) in [4.78, 5) is 0. The summed E-state index contributed by atoms with van der Waals surface area (Å²) in [5.41, 5.74) is 0. The standard InChI is InChI=1S/C5H11BNO2PS/c6-5-2-7(10-11)1-4(3-8)9-5/h4-5,8,10-11H,1-3H2/t4-,5+/m0/s1. The van der Waals surface area contributed by atoms with Crippen LogP contribution in [0.15, 0.2) is 0 Å². The van der Waals surface area contributed by atoms with Gasteiger partial charge in [-0.25, -0.2) is 0 Å². The summed E-state index contributed by atoms with van der Waals surface area (Å²) in [6.45, 7) is 1.47. The molecule has 6 heteroatoms. The van der Waals surface area contributed by atoms with E-state index in [4.69, 9.17) is 17.7 Å². The van der Waals surface area contributed by atoms with Gasteiger partial charge in [-0.3, -0.25) is 4.67 Å². The number of morpholine rings is 1. The third kappa shape index (κ3) is 2.92. The van der Waals surface area contributed by atoms with Crippen LogP contribution < -0.4 is 0 Å². The van der Waals surface area contributed by atoms with Crippen molar-refractivity contribution in [1.82, 2.24) is 4.67 Å². The van der Waals surface area contributed by atoms with Gasteiger partial charge in [0.25, 0.3) is 0 Å². The molecule has 0 spiro atoms. The molecule has 0 bridgehead atoms. The number of rotatable bonds is 2. The van der Waals surface area contributed by atoms with Crippen molar-refractivity contribution in [2.24, 2.45) is 0 Å². The second-order valence-electron chi connectivity index (χ2n) is 2.48. The summed E-state index contributed by atoms with van der Waals surface area (Å²) in [5.74, 6) is 0. The minimum absolute atomic E-state index is 0.0302. The smallest absolute Gasteiger partial charge is 0.110 e. The third-order valence-corrected chi connectivity index (χ3v) is 3.03. The summed E-state index contributed by atoms with van der Waals surface area (Å²) in [7, 11) is 6.00. The van der Waals surface area contributed by atoms with Gasteiger partial charge in [0.15, 0.2) is 0 Å². The number of aliphatic hydroxyl groups excluding tert-OH is 1. The zero-order valence-electron chi connectivity index (χ0n) is 6.10. The highest BCUT2D eigenvalue weighted by atomic mass is 32.7. The SMILES string of the molecule is [B][C@H]1CN(PS)C[C@@H](CO)O1. The zero-order chi connectivity index (χ0) is 8.27. The maximum absolute atomic E-state index is 8.79. The van der Waals surface area contributed by atoms with Gasteiger partial charge in [-0.15, -0.1) is 12.2 Å². The van der Waals surface area contributed by atoms with Crippen LogP contribution in [0.4, 0.5) is 0 Å². The topological polar surface area (TPSA) is 32.7 Å². The first-order valence-electron chi connectivity index (χ1n) is 3.43. The van der Waals surface area contributed by atoms with E-state index >= 15 is 0 Å². The third-order valence-electron chi connectivity index (χ3n) is 1.54. The molecular weight excluding hydrogens is 180 g/mol. The zero-order valence-corrected chi connectivity index (χ0v) is 8.00. The molecule has 0 saturated carbocycles. The molecule has 3 atom stereocenters. The summed E-state index contributed by atoms with van der Waals surface area (Å²) in [6.07, 6.45) is -0.140. The van der Waals surface area contributed by atoms with Gasteiger partial charge in [0, 0.05) is 27.0 Å². The van der Waals surface area contributed by atoms with Crippen molar-refractivity contribution in [2.75, 3.05) is 19.7 Å². The Kier molecular flexibility index (Phi) is 4.17. The average Bonchev–Trinajstić information content (AvgIpc) is 2.03. The number of hydrogen-bond acceptors (Lipinski definition) is 4. The molecule has 0 aliphatic carbocycles. The number of nitrogens with zero attached hydrogens (tertiary/aromatic N) is 1. The van der Waals surface area contributed by atoms with E-state index in [-0.39, 0.29) is 18.7 Å². The van der Waals surface area contributed by atoms with Gasteiger partial charge in [0.05, 0.1) is 12.7 Å². The van der Waals surface area contributed by atoms with Crippen LogP contribution in [0, 0.1) is 0 Å². The highest BCUT2D eigenvalue weighted by Gasteiger charge is 2.23. The molecule has 0 aromatic carbocycles. The van der Waals surface area contributed by atoms with Crippen molar-refractivity contribution in [1.29, 1.82) is 0 Å². The lowest BCUT2D eigenvalue weighted by Gasteiger charge is -2.35. The van der Waals surface area contributed by atoms with Gasteiger partial charge in [0.2, 0.25) is 0 Å². The molecule has 0 amide bonds. The Morgan fingerprint density at radius 2 is 2.45 bits per heavy atom. The Balaban J connectivity index is 2.37. The lowest BCUT2D eigenvalue weighted by atomic mass is 9.98. The largest absolute Gasteiger partial charge is 0.394 e. The molecule has 1 aliphatic rings. The van der Waals surface area contributed by atoms with E-state index in [9.17, 15) is 0 Å². The van der Waals surface area contributed by atoms with E-state index in [1.165, 1.54) is 0 Å². The molecule has 1 aliphatic heterocycles. The van der Waals surface area contributed by atoms with E-state index in [0.717, 1.165) is 6.54 Å². The molecule has 62 valence electrons. The molecule has 1 heterocycles. The normalized spacial score (nSPS) is 35.1. The van der Waals surface area contributed by atoms with Crippen LogP contribution in [0.3, 0.4) is 0 Å². The summed E-state index contributed by atoms with van der Waals surface area (Å²) < 4.78 is 7.29. The number of thiol groups is 1. The fourth-order valence-corrected chi connectivity index (χ4v) is 2.09. The highest BCUT2D eigenvalue weighted by molar-refractivity contribution is 8.37. The van der Waals surface area contributed by atoms with Gasteiger partial charge in [-0.1, -0.05) is 0 Å². The van der Waals surface area contributed by atoms with E-state index in [2.05, 4.69) is 16.9 Å². The monoisotopic (exact) mass is 191 g/mol. The molecule has 1 rings (SSSR count). The maximum Gasteiger partial charge on any atom is 0.110 e. The number of aliphatic hydroxyl groups is 1. The number of ether oxygens (including phenoxy) is 1. The molecular formula is C5H11BNO2PS. The van der Waals surface area contributed by atoms with Crippen LogP contribution >= 0.6 is 20.2 Å². The highest BCUT2D eigenvalue weighted by Crippen LogP contribution is 2.25. The molecule has 0 aromatic heterocycles. The van der Waals surface area contributed by atoms with Gasteiger partial charge in [-0.05, 0) is 0 Å². The van der Waals surface area contributed by atoms with Gasteiger partial charge < -0.3 is 9.84 Å². The second-order valence-corrected chi connectivity index (χ2v) is 3.92. The van der Waals surface area contributed by atoms with Crippen molar-refractivity contribution in [2.45, 2.75) is 12.1 Å². The van der Waals surface area contributed by atoms with Crippen LogP contribution in [0.2, 0.25) is 0 Å². The molecule has 1 fully saturated rings. The molecule has 2 radical (unpaired) electrons. The molecule has 3 nitrogen and oxygen atoms in total. The first kappa shape index (κ1) is 9.81. The fraction of sp³-hybridized carbons (Fsp3) is 1.00. The van der Waals surface area contributed by atoms with Crippen molar-refractivity contribution >= 4 is 28.0 Å². The van der Waals surface area contributed by atoms with Crippen LogP contribution in [-0.4, -0.2) is 49.4 Å². The summed E-state index contributed by atoms with van der Waals surface area (Å²) in [5, 5.41) is 8.79. The van der Waals surface area contributed by atoms with Crippen LogP contribution in [0.1, 0.15) is 0 Å².